The van der Waals surface area contributed by atoms with Crippen LogP contribution in [0.1, 0.15) is 32.1 Å². The van der Waals surface area contributed by atoms with E-state index in [1.54, 1.807) is 0 Å². The van der Waals surface area contributed by atoms with E-state index in [-0.39, 0.29) is 0 Å². The fourth-order valence-electron chi connectivity index (χ4n) is 2.28. The van der Waals surface area contributed by atoms with E-state index in [1.165, 1.54) is 6.42 Å². The van der Waals surface area contributed by atoms with Gasteiger partial charge in [0.25, 0.3) is 0 Å². The third-order valence-corrected chi connectivity index (χ3v) is 3.65. The van der Waals surface area contributed by atoms with Crippen LogP contribution in [0.2, 0.25) is 0 Å². The van der Waals surface area contributed by atoms with Gasteiger partial charge in [-0.25, -0.2) is 9.97 Å². The number of imidazole rings is 1. The Bertz CT molecular complexity index is 544. The van der Waals surface area contributed by atoms with Gasteiger partial charge in [0, 0.05) is 12.2 Å². The maximum atomic E-state index is 5.96. The minimum atomic E-state index is 0.353. The van der Waals surface area contributed by atoms with Gasteiger partial charge in [-0.1, -0.05) is 13.8 Å². The van der Waals surface area contributed by atoms with Gasteiger partial charge >= 0.3 is 0 Å². The van der Waals surface area contributed by atoms with E-state index in [1.807, 2.05) is 18.3 Å². The first-order valence-corrected chi connectivity index (χ1v) is 6.05. The molecular formula is C12H14ClN3. The third-order valence-electron chi connectivity index (χ3n) is 3.41. The third kappa shape index (κ3) is 1.34. The Morgan fingerprint density at radius 1 is 1.56 bits per heavy atom. The van der Waals surface area contributed by atoms with Crippen LogP contribution in [0.25, 0.3) is 11.2 Å². The van der Waals surface area contributed by atoms with Crippen molar-refractivity contribution < 1.29 is 0 Å². The summed E-state index contributed by atoms with van der Waals surface area (Å²) in [5.74, 6) is 1.38. The van der Waals surface area contributed by atoms with Gasteiger partial charge in [-0.2, -0.15) is 0 Å². The molecule has 1 aliphatic carbocycles. The lowest BCUT2D eigenvalue weighted by Crippen LogP contribution is -2.04. The zero-order valence-electron chi connectivity index (χ0n) is 9.44. The summed E-state index contributed by atoms with van der Waals surface area (Å²) >= 11 is 5.96. The quantitative estimate of drug-likeness (QED) is 0.749. The first-order chi connectivity index (χ1) is 7.63. The fourth-order valence-corrected chi connectivity index (χ4v) is 2.47. The van der Waals surface area contributed by atoms with E-state index < -0.39 is 0 Å². The summed E-state index contributed by atoms with van der Waals surface area (Å²) in [6.07, 6.45) is 2.99. The molecule has 84 valence electrons. The summed E-state index contributed by atoms with van der Waals surface area (Å²) in [5.41, 5.74) is 2.26. The Morgan fingerprint density at radius 3 is 2.94 bits per heavy atom. The summed E-state index contributed by atoms with van der Waals surface area (Å²) in [7, 11) is 0. The minimum absolute atomic E-state index is 0.353. The molecule has 1 aliphatic rings. The number of nitrogens with zero attached hydrogens (tertiary/aromatic N) is 3. The molecule has 2 aromatic rings. The molecule has 0 bridgehead atoms. The normalized spacial score (nSPS) is 22.6. The van der Waals surface area contributed by atoms with Crippen LogP contribution in [0, 0.1) is 5.41 Å². The number of alkyl halides is 1. The molecule has 1 atom stereocenters. The first-order valence-electron chi connectivity index (χ1n) is 5.51. The molecule has 0 amide bonds. The van der Waals surface area contributed by atoms with Gasteiger partial charge in [-0.3, -0.25) is 0 Å². The van der Waals surface area contributed by atoms with Crippen molar-refractivity contribution in [2.75, 3.05) is 0 Å². The van der Waals surface area contributed by atoms with Crippen LogP contribution < -0.4 is 0 Å². The summed E-state index contributed by atoms with van der Waals surface area (Å²) in [4.78, 5) is 8.94. The molecule has 1 saturated carbocycles. The lowest BCUT2D eigenvalue weighted by Gasteiger charge is -2.08. The van der Waals surface area contributed by atoms with Gasteiger partial charge in [0.15, 0.2) is 5.65 Å². The monoisotopic (exact) mass is 235 g/mol. The zero-order chi connectivity index (χ0) is 11.3. The first kappa shape index (κ1) is 10.1. The lowest BCUT2D eigenvalue weighted by molar-refractivity contribution is 0.538. The Balaban J connectivity index is 2.21. The van der Waals surface area contributed by atoms with Crippen LogP contribution in [-0.2, 0) is 5.88 Å². The minimum Gasteiger partial charge on any atom is -0.308 e. The Hall–Kier alpha value is -1.09. The number of fused-ring (bicyclic) bond motifs is 1. The smallest absolute Gasteiger partial charge is 0.160 e. The van der Waals surface area contributed by atoms with Crippen molar-refractivity contribution in [1.82, 2.24) is 14.5 Å². The predicted molar refractivity (Wildman–Crippen MR) is 64.5 cm³/mol. The van der Waals surface area contributed by atoms with Crippen LogP contribution >= 0.6 is 11.6 Å². The molecule has 0 aromatic carbocycles. The second kappa shape index (κ2) is 3.20. The molecule has 1 unspecified atom stereocenters. The molecule has 4 heteroatoms. The van der Waals surface area contributed by atoms with E-state index >= 15 is 0 Å². The molecule has 3 nitrogen and oxygen atoms in total. The highest BCUT2D eigenvalue weighted by Crippen LogP contribution is 2.56. The Labute approximate surface area is 99.5 Å². The number of halogens is 1. The van der Waals surface area contributed by atoms with Gasteiger partial charge in [0.05, 0.1) is 5.88 Å². The molecule has 0 saturated heterocycles. The van der Waals surface area contributed by atoms with Gasteiger partial charge in [-0.05, 0) is 24.0 Å². The van der Waals surface area contributed by atoms with Gasteiger partial charge in [0.1, 0.15) is 11.3 Å². The number of pyridine rings is 1. The molecule has 0 spiro atoms. The average Bonchev–Trinajstić information content (AvgIpc) is 2.76. The van der Waals surface area contributed by atoms with E-state index in [0.717, 1.165) is 17.0 Å². The highest BCUT2D eigenvalue weighted by molar-refractivity contribution is 6.16. The molecule has 2 aromatic heterocycles. The van der Waals surface area contributed by atoms with Crippen molar-refractivity contribution in [3.05, 3.63) is 24.2 Å². The standard InChI is InChI=1S/C12H14ClN3/c1-12(2)6-9(12)16-10(7-13)15-8-4-3-5-14-11(8)16/h3-5,9H,6-7H2,1-2H3. The Kier molecular flexibility index (Phi) is 2.02. The van der Waals surface area contributed by atoms with Gasteiger partial charge in [0.2, 0.25) is 0 Å². The molecule has 3 rings (SSSR count). The molecule has 2 heterocycles. The summed E-state index contributed by atoms with van der Waals surface area (Å²) in [6.45, 7) is 4.54. The number of aromatic nitrogens is 3. The summed E-state index contributed by atoms with van der Waals surface area (Å²) in [5, 5.41) is 0. The van der Waals surface area contributed by atoms with E-state index in [9.17, 15) is 0 Å². The van der Waals surface area contributed by atoms with E-state index in [2.05, 4.69) is 28.4 Å². The van der Waals surface area contributed by atoms with Crippen molar-refractivity contribution in [2.24, 2.45) is 5.41 Å². The maximum Gasteiger partial charge on any atom is 0.160 e. The molecule has 0 radical (unpaired) electrons. The van der Waals surface area contributed by atoms with Crippen molar-refractivity contribution >= 4 is 22.8 Å². The van der Waals surface area contributed by atoms with E-state index in [0.29, 0.717) is 17.3 Å². The van der Waals surface area contributed by atoms with Crippen molar-refractivity contribution in [3.8, 4) is 0 Å². The second-order valence-electron chi connectivity index (χ2n) is 5.09. The molecule has 0 N–H and O–H groups in total. The van der Waals surface area contributed by atoms with Crippen LogP contribution in [0.3, 0.4) is 0 Å². The molecular weight excluding hydrogens is 222 g/mol. The highest BCUT2D eigenvalue weighted by Gasteiger charge is 2.48. The van der Waals surface area contributed by atoms with Crippen molar-refractivity contribution in [2.45, 2.75) is 32.2 Å². The fraction of sp³-hybridized carbons (Fsp3) is 0.500. The predicted octanol–water partition coefficient (Wildman–Crippen LogP) is 3.14. The molecule has 1 fully saturated rings. The second-order valence-corrected chi connectivity index (χ2v) is 5.35. The van der Waals surface area contributed by atoms with Crippen molar-refractivity contribution in [1.29, 1.82) is 0 Å². The van der Waals surface area contributed by atoms with Crippen LogP contribution in [0.15, 0.2) is 18.3 Å². The van der Waals surface area contributed by atoms with Crippen LogP contribution in [0.4, 0.5) is 0 Å². The van der Waals surface area contributed by atoms with Crippen molar-refractivity contribution in [3.63, 3.8) is 0 Å². The Morgan fingerprint density at radius 2 is 2.31 bits per heavy atom. The van der Waals surface area contributed by atoms with Crippen LogP contribution in [-0.4, -0.2) is 14.5 Å². The SMILES string of the molecule is CC1(C)CC1n1c(CCl)nc2cccnc21. The summed E-state index contributed by atoms with van der Waals surface area (Å²) < 4.78 is 2.21. The highest BCUT2D eigenvalue weighted by atomic mass is 35.5. The maximum absolute atomic E-state index is 5.96. The van der Waals surface area contributed by atoms with Gasteiger partial charge < -0.3 is 4.57 Å². The number of hydrogen-bond acceptors (Lipinski definition) is 2. The van der Waals surface area contributed by atoms with Crippen LogP contribution in [0.5, 0.6) is 0 Å². The topological polar surface area (TPSA) is 30.7 Å². The molecule has 16 heavy (non-hydrogen) atoms. The number of rotatable bonds is 2. The lowest BCUT2D eigenvalue weighted by atomic mass is 10.2. The largest absolute Gasteiger partial charge is 0.308 e. The molecule has 0 aliphatic heterocycles. The number of hydrogen-bond donors (Lipinski definition) is 0. The summed E-state index contributed by atoms with van der Waals surface area (Å²) in [6, 6.07) is 4.40. The average molecular weight is 236 g/mol. The zero-order valence-corrected chi connectivity index (χ0v) is 10.2. The van der Waals surface area contributed by atoms with E-state index in [4.69, 9.17) is 11.6 Å². The van der Waals surface area contributed by atoms with Gasteiger partial charge in [-0.15, -0.1) is 11.6 Å².